The fourth-order valence-corrected chi connectivity index (χ4v) is 2.14. The van der Waals surface area contributed by atoms with Crippen molar-refractivity contribution < 1.29 is 14.4 Å². The minimum absolute atomic E-state index is 0.308. The summed E-state index contributed by atoms with van der Waals surface area (Å²) in [5, 5.41) is 2.42. The number of primary amides is 2. The molecule has 0 heterocycles. The highest BCUT2D eigenvalue weighted by Crippen LogP contribution is 2.26. The molecule has 3 amide bonds. The Morgan fingerprint density at radius 3 is 2.11 bits per heavy atom. The van der Waals surface area contributed by atoms with Gasteiger partial charge in [0.1, 0.15) is 6.04 Å². The number of carbonyl (C=O) groups excluding carboxylic acids is 3. The summed E-state index contributed by atoms with van der Waals surface area (Å²) in [6.07, 6.45) is 3.63. The summed E-state index contributed by atoms with van der Waals surface area (Å²) in [5.74, 6) is -1.93. The molecule has 0 unspecified atom stereocenters. The van der Waals surface area contributed by atoms with E-state index in [0.29, 0.717) is 12.8 Å². The van der Waals surface area contributed by atoms with Gasteiger partial charge in [-0.05, 0) is 12.8 Å². The highest BCUT2D eigenvalue weighted by molar-refractivity contribution is 5.93. The van der Waals surface area contributed by atoms with E-state index in [0.717, 1.165) is 19.3 Å². The Morgan fingerprint density at radius 2 is 1.67 bits per heavy atom. The van der Waals surface area contributed by atoms with Crippen LogP contribution in [0.1, 0.15) is 38.5 Å². The third-order valence-electron chi connectivity index (χ3n) is 3.25. The molecule has 0 saturated heterocycles. The van der Waals surface area contributed by atoms with E-state index in [-0.39, 0.29) is 6.42 Å². The van der Waals surface area contributed by atoms with Gasteiger partial charge >= 0.3 is 0 Å². The molecular formula is C11H20N4O3. The van der Waals surface area contributed by atoms with Gasteiger partial charge in [0.05, 0.1) is 12.0 Å². The molecule has 0 aliphatic heterocycles. The Balaban J connectivity index is 2.65. The third kappa shape index (κ3) is 3.69. The van der Waals surface area contributed by atoms with Crippen LogP contribution in [0.15, 0.2) is 0 Å². The summed E-state index contributed by atoms with van der Waals surface area (Å²) < 4.78 is 0. The van der Waals surface area contributed by atoms with Crippen LogP contribution < -0.4 is 22.5 Å². The summed E-state index contributed by atoms with van der Waals surface area (Å²) in [5.41, 5.74) is 15.1. The van der Waals surface area contributed by atoms with Crippen LogP contribution in [0.5, 0.6) is 0 Å². The molecule has 1 aliphatic rings. The second-order valence-electron chi connectivity index (χ2n) is 4.82. The number of carbonyl (C=O) groups is 3. The Kier molecular flexibility index (Phi) is 4.66. The maximum absolute atomic E-state index is 12.0. The number of nitrogens with one attached hydrogen (secondary N) is 1. The first-order valence-electron chi connectivity index (χ1n) is 6.02. The summed E-state index contributed by atoms with van der Waals surface area (Å²) in [4.78, 5) is 33.9. The highest BCUT2D eigenvalue weighted by atomic mass is 16.2. The first-order chi connectivity index (χ1) is 8.35. The molecule has 0 aromatic heterocycles. The molecule has 1 rings (SSSR count). The lowest BCUT2D eigenvalue weighted by Crippen LogP contribution is -2.59. The van der Waals surface area contributed by atoms with Crippen molar-refractivity contribution in [2.24, 2.45) is 17.2 Å². The summed E-state index contributed by atoms with van der Waals surface area (Å²) in [7, 11) is 0. The monoisotopic (exact) mass is 256 g/mol. The van der Waals surface area contributed by atoms with Crippen molar-refractivity contribution in [2.45, 2.75) is 50.1 Å². The quantitative estimate of drug-likeness (QED) is 0.474. The highest BCUT2D eigenvalue weighted by Gasteiger charge is 2.37. The largest absolute Gasteiger partial charge is 0.370 e. The second-order valence-corrected chi connectivity index (χ2v) is 4.82. The zero-order chi connectivity index (χ0) is 13.8. The van der Waals surface area contributed by atoms with Gasteiger partial charge in [-0.15, -0.1) is 0 Å². The molecule has 0 bridgehead atoms. The standard InChI is InChI=1S/C11H20N4O3/c12-8(16)6-7(9(13)17)15-10(18)11(14)4-2-1-3-5-11/h7H,1-6,14H2,(H2,12,16)(H2,13,17)(H,15,18)/t7-/m0/s1. The number of nitrogens with two attached hydrogens (primary N) is 3. The van der Waals surface area contributed by atoms with Crippen molar-refractivity contribution in [1.82, 2.24) is 5.32 Å². The predicted octanol–water partition coefficient (Wildman–Crippen LogP) is -1.51. The molecule has 1 saturated carbocycles. The molecule has 7 N–H and O–H groups in total. The lowest BCUT2D eigenvalue weighted by Gasteiger charge is -2.32. The van der Waals surface area contributed by atoms with Gasteiger partial charge in [-0.2, -0.15) is 0 Å². The van der Waals surface area contributed by atoms with E-state index >= 15 is 0 Å². The fourth-order valence-electron chi connectivity index (χ4n) is 2.14. The molecule has 1 aliphatic carbocycles. The molecule has 0 aromatic rings. The molecule has 7 heteroatoms. The normalized spacial score (nSPS) is 19.8. The van der Waals surface area contributed by atoms with Crippen LogP contribution >= 0.6 is 0 Å². The summed E-state index contributed by atoms with van der Waals surface area (Å²) in [6.45, 7) is 0. The zero-order valence-electron chi connectivity index (χ0n) is 10.3. The van der Waals surface area contributed by atoms with Gasteiger partial charge in [0.2, 0.25) is 17.7 Å². The molecule has 0 radical (unpaired) electrons. The lowest BCUT2D eigenvalue weighted by molar-refractivity contribution is -0.133. The molecule has 7 nitrogen and oxygen atoms in total. The Bertz CT molecular complexity index is 350. The second kappa shape index (κ2) is 5.81. The van der Waals surface area contributed by atoms with Crippen molar-refractivity contribution in [3.8, 4) is 0 Å². The Hall–Kier alpha value is -1.63. The van der Waals surface area contributed by atoms with Crippen molar-refractivity contribution in [2.75, 3.05) is 0 Å². The predicted molar refractivity (Wildman–Crippen MR) is 64.9 cm³/mol. The van der Waals surface area contributed by atoms with Crippen LogP contribution in [-0.4, -0.2) is 29.3 Å². The van der Waals surface area contributed by atoms with Crippen LogP contribution in [0.4, 0.5) is 0 Å². The van der Waals surface area contributed by atoms with Gasteiger partial charge in [-0.25, -0.2) is 0 Å². The molecular weight excluding hydrogens is 236 g/mol. The Labute approximate surface area is 105 Å². The van der Waals surface area contributed by atoms with Crippen LogP contribution in [0.3, 0.4) is 0 Å². The van der Waals surface area contributed by atoms with E-state index in [4.69, 9.17) is 17.2 Å². The molecule has 18 heavy (non-hydrogen) atoms. The molecule has 0 aromatic carbocycles. The van der Waals surface area contributed by atoms with E-state index in [1.54, 1.807) is 0 Å². The van der Waals surface area contributed by atoms with Crippen molar-refractivity contribution in [3.05, 3.63) is 0 Å². The van der Waals surface area contributed by atoms with E-state index in [1.807, 2.05) is 0 Å². The number of hydrogen-bond donors (Lipinski definition) is 4. The van der Waals surface area contributed by atoms with Crippen LogP contribution in [0.2, 0.25) is 0 Å². The number of hydrogen-bond acceptors (Lipinski definition) is 4. The van der Waals surface area contributed by atoms with Crippen molar-refractivity contribution in [3.63, 3.8) is 0 Å². The van der Waals surface area contributed by atoms with Gasteiger partial charge in [0.15, 0.2) is 0 Å². The lowest BCUT2D eigenvalue weighted by atomic mass is 9.81. The van der Waals surface area contributed by atoms with Gasteiger partial charge < -0.3 is 22.5 Å². The van der Waals surface area contributed by atoms with E-state index in [1.165, 1.54) is 0 Å². The maximum Gasteiger partial charge on any atom is 0.240 e. The third-order valence-corrected chi connectivity index (χ3v) is 3.25. The number of amides is 3. The minimum Gasteiger partial charge on any atom is -0.370 e. The SMILES string of the molecule is NC(=O)C[C@H](NC(=O)C1(N)CCCCC1)C(N)=O. The van der Waals surface area contributed by atoms with Gasteiger partial charge in [-0.1, -0.05) is 19.3 Å². The van der Waals surface area contributed by atoms with Crippen LogP contribution in [-0.2, 0) is 14.4 Å². The molecule has 1 atom stereocenters. The zero-order valence-corrected chi connectivity index (χ0v) is 10.3. The average molecular weight is 256 g/mol. The van der Waals surface area contributed by atoms with Crippen LogP contribution in [0.25, 0.3) is 0 Å². The fraction of sp³-hybridized carbons (Fsp3) is 0.727. The van der Waals surface area contributed by atoms with Gasteiger partial charge in [-0.3, -0.25) is 14.4 Å². The first-order valence-corrected chi connectivity index (χ1v) is 6.02. The number of rotatable bonds is 5. The van der Waals surface area contributed by atoms with E-state index in [9.17, 15) is 14.4 Å². The smallest absolute Gasteiger partial charge is 0.240 e. The van der Waals surface area contributed by atoms with Crippen molar-refractivity contribution >= 4 is 17.7 Å². The van der Waals surface area contributed by atoms with E-state index < -0.39 is 29.3 Å². The van der Waals surface area contributed by atoms with Crippen LogP contribution in [0, 0.1) is 0 Å². The molecule has 102 valence electrons. The summed E-state index contributed by atoms with van der Waals surface area (Å²) in [6, 6.07) is -1.09. The minimum atomic E-state index is -1.09. The first kappa shape index (κ1) is 14.4. The van der Waals surface area contributed by atoms with Gasteiger partial charge in [0, 0.05) is 0 Å². The topological polar surface area (TPSA) is 141 Å². The van der Waals surface area contributed by atoms with E-state index in [2.05, 4.69) is 5.32 Å². The maximum atomic E-state index is 12.0. The molecule has 1 fully saturated rings. The van der Waals surface area contributed by atoms with Crippen molar-refractivity contribution in [1.29, 1.82) is 0 Å². The Morgan fingerprint density at radius 1 is 1.11 bits per heavy atom. The molecule has 0 spiro atoms. The average Bonchev–Trinajstić information content (AvgIpc) is 2.28. The van der Waals surface area contributed by atoms with Gasteiger partial charge in [0.25, 0.3) is 0 Å². The summed E-state index contributed by atoms with van der Waals surface area (Å²) >= 11 is 0.